The summed E-state index contributed by atoms with van der Waals surface area (Å²) in [5.41, 5.74) is 0. The van der Waals surface area contributed by atoms with Gasteiger partial charge >= 0.3 is 63.3 Å². The van der Waals surface area contributed by atoms with E-state index >= 15 is 0 Å². The van der Waals surface area contributed by atoms with E-state index in [4.69, 9.17) is 30.4 Å². The summed E-state index contributed by atoms with van der Waals surface area (Å²) >= 11 is 3.05. The number of carboxylic acid groups (broad SMARTS) is 2. The van der Waals surface area contributed by atoms with E-state index in [2.05, 4.69) is 48.7 Å². The Hall–Kier alpha value is 2.24. The molecule has 1 atom stereocenters. The molecule has 0 aromatic carbocycles. The van der Waals surface area contributed by atoms with Crippen molar-refractivity contribution in [1.82, 2.24) is 5.32 Å². The van der Waals surface area contributed by atoms with Crippen molar-refractivity contribution in [2.24, 2.45) is 11.8 Å². The van der Waals surface area contributed by atoms with Crippen LogP contribution >= 0.6 is 105 Å². The van der Waals surface area contributed by atoms with Gasteiger partial charge in [-0.05, 0) is 77.8 Å². The molecule has 0 saturated heterocycles. The normalized spacial score (nSPS) is 9.90. The molecule has 16 nitrogen and oxygen atoms in total. The van der Waals surface area contributed by atoms with Crippen LogP contribution in [0.5, 0.6) is 0 Å². The number of hydrogen-bond acceptors (Lipinski definition) is 21. The van der Waals surface area contributed by atoms with E-state index in [1.807, 2.05) is 21.2 Å². The Morgan fingerprint density at radius 1 is 0.657 bits per heavy atom. The zero-order valence-electron chi connectivity index (χ0n) is 41.0. The molecule has 67 heavy (non-hydrogen) atoms. The van der Waals surface area contributed by atoms with E-state index < -0.39 is 17.9 Å². The summed E-state index contributed by atoms with van der Waals surface area (Å²) in [6.45, 7) is 1.93. The summed E-state index contributed by atoms with van der Waals surface area (Å²) < 4.78 is 27.1. The van der Waals surface area contributed by atoms with E-state index in [9.17, 15) is 33.9 Å². The maximum atomic E-state index is 12.3. The molecule has 0 aliphatic rings. The maximum Gasteiger partial charge on any atom is 1.00 e. The summed E-state index contributed by atoms with van der Waals surface area (Å²) in [7, 11) is 12.0. The van der Waals surface area contributed by atoms with Crippen LogP contribution in [0.25, 0.3) is 0 Å². The number of carbonyl (C=O) groups excluding carboxylic acids is 4. The molecule has 0 radical (unpaired) electrons. The summed E-state index contributed by atoms with van der Waals surface area (Å²) in [5.74, 6) is 0.360. The second-order valence-electron chi connectivity index (χ2n) is 12.3. The van der Waals surface area contributed by atoms with E-state index in [1.165, 1.54) is 7.97 Å². The first-order valence-electron chi connectivity index (χ1n) is 20.6. The quantitative estimate of drug-likeness (QED) is 0.00656. The van der Waals surface area contributed by atoms with Gasteiger partial charge in [-0.1, -0.05) is 124 Å². The predicted molar refractivity (Wildman–Crippen MR) is 298 cm³/mol. The molecule has 0 aromatic heterocycles. The van der Waals surface area contributed by atoms with Gasteiger partial charge in [0.1, 0.15) is 13.5 Å². The first-order valence-corrected chi connectivity index (χ1v) is 33.4. The maximum absolute atomic E-state index is 12.3. The first-order chi connectivity index (χ1) is 30.9. The molecular weight excluding hydrogens is 1170 g/mol. The molecule has 7 N–H and O–H groups in total. The number of aliphatic carboxylic acids is 2. The van der Waals surface area contributed by atoms with E-state index in [0.29, 0.717) is 39.1 Å². The van der Waals surface area contributed by atoms with Gasteiger partial charge in [0.05, 0.1) is 39.0 Å². The Bertz CT molecular complexity index is 1010. The van der Waals surface area contributed by atoms with Crippen LogP contribution in [0.3, 0.4) is 0 Å². The number of unbranched alkanes of at least 4 members (excludes halogenated alkanes) is 9. The number of nitrogens with two attached hydrogens (primary N) is 1. The van der Waals surface area contributed by atoms with Crippen molar-refractivity contribution < 1.29 is 125 Å². The van der Waals surface area contributed by atoms with Gasteiger partial charge in [0, 0.05) is 66.5 Å². The Kier molecular flexibility index (Phi) is 117. The SMILES string of the molecule is C.CSSC.CSSC.CSSC.F.NO.O=[C-]COCCOCCCC(=O)COCCOCCNC(=O)CC[C@H](CC(=O)CCCCCCCCCCCCC(=O)O)C(=O)O.[3H]SSI.[K+].[OH-]. The Labute approximate surface area is 491 Å². The number of halogens is 2. The minimum Gasteiger partial charge on any atom is -0.870 e. The molecule has 0 bridgehead atoms. The number of rotatable bonds is 40. The Morgan fingerprint density at radius 2 is 1.06 bits per heavy atom. The van der Waals surface area contributed by atoms with Crippen LogP contribution in [0, 0.1) is 5.92 Å². The van der Waals surface area contributed by atoms with Crippen LogP contribution in [0.4, 0.5) is 4.70 Å². The largest absolute Gasteiger partial charge is 1.00 e. The van der Waals surface area contributed by atoms with Crippen LogP contribution < -0.4 is 62.6 Å². The summed E-state index contributed by atoms with van der Waals surface area (Å²) in [6, 6.07) is 0. The molecule has 0 aliphatic heterocycles. The van der Waals surface area contributed by atoms with Gasteiger partial charge in [-0.15, -0.1) is 11.6 Å². The van der Waals surface area contributed by atoms with Crippen LogP contribution in [0.15, 0.2) is 0 Å². The smallest absolute Gasteiger partial charge is 0.870 e. The molecule has 0 aromatic rings. The molecule has 402 valence electrons. The molecule has 0 rings (SSSR count). The van der Waals surface area contributed by atoms with Crippen LogP contribution in [-0.2, 0) is 47.7 Å². The Balaban J connectivity index is -0.000000163. The van der Waals surface area contributed by atoms with Crippen molar-refractivity contribution in [3.8, 4) is 0 Å². The van der Waals surface area contributed by atoms with Gasteiger partial charge in [0.2, 0.25) is 5.91 Å². The van der Waals surface area contributed by atoms with Crippen LogP contribution in [0.1, 0.15) is 117 Å². The molecule has 0 spiro atoms. The third-order valence-electron chi connectivity index (χ3n) is 7.62. The summed E-state index contributed by atoms with van der Waals surface area (Å²) in [4.78, 5) is 68.2. The third-order valence-corrected chi connectivity index (χ3v) is 11.6. The fourth-order valence-electron chi connectivity index (χ4n) is 4.54. The van der Waals surface area contributed by atoms with Gasteiger partial charge in [-0.3, -0.25) is 28.7 Å². The number of Topliss-reactive ketones (excluding diaryl/α,β-unsaturated/α-hetero) is 2. The van der Waals surface area contributed by atoms with Gasteiger partial charge in [0.25, 0.3) is 0 Å². The molecule has 27 heteroatoms. The molecular formula is C40H84FIKN2O14S8-. The number of carbonyl (C=O) groups is 5. The second-order valence-corrected chi connectivity index (χ2v) is 24.0. The molecule has 0 aliphatic carbocycles. The second kappa shape index (κ2) is 87.9. The van der Waals surface area contributed by atoms with Crippen molar-refractivity contribution in [2.45, 2.75) is 117 Å². The summed E-state index contributed by atoms with van der Waals surface area (Å²) in [5, 5.41) is 27.3. The van der Waals surface area contributed by atoms with Crippen LogP contribution in [0.2, 0.25) is 0 Å². The van der Waals surface area contributed by atoms with Gasteiger partial charge in [0.15, 0.2) is 5.78 Å². The van der Waals surface area contributed by atoms with Crippen LogP contribution in [-0.4, -0.2) is 155 Å². The number of hydrogen-bond donors (Lipinski definition) is 6. The zero-order valence-corrected chi connectivity index (χ0v) is 51.8. The fourth-order valence-corrected chi connectivity index (χ4v) is 4.54. The fraction of sp³-hybridized carbons (Fsp3) is 0.850. The zero-order chi connectivity index (χ0) is 49.7. The van der Waals surface area contributed by atoms with Gasteiger partial charge in [-0.25, -0.2) is 12.2 Å². The molecule has 0 heterocycles. The Morgan fingerprint density at radius 3 is 1.48 bits per heavy atom. The van der Waals surface area contributed by atoms with Gasteiger partial charge < -0.3 is 50.0 Å². The average Bonchev–Trinajstić information content (AvgIpc) is 3.30. The predicted octanol–water partition coefficient (Wildman–Crippen LogP) is 7.58. The van der Waals surface area contributed by atoms with E-state index in [-0.39, 0.29) is 152 Å². The van der Waals surface area contributed by atoms with Crippen molar-refractivity contribution in [1.29, 1.82) is 1.12 Å². The number of ketones is 2. The van der Waals surface area contributed by atoms with Gasteiger partial charge in [-0.2, -0.15) is 0 Å². The van der Waals surface area contributed by atoms with Crippen molar-refractivity contribution in [2.75, 3.05) is 96.9 Å². The minimum atomic E-state index is -1.07. The number of thiol groups is 1. The molecule has 0 saturated carbocycles. The van der Waals surface area contributed by atoms with Crippen molar-refractivity contribution in [3.63, 3.8) is 0 Å². The van der Waals surface area contributed by atoms with Crippen molar-refractivity contribution in [3.05, 3.63) is 0 Å². The first kappa shape index (κ1) is 88.8. The van der Waals surface area contributed by atoms with Crippen molar-refractivity contribution >= 4 is 141 Å². The molecule has 0 unspecified atom stereocenters. The topological polar surface area (TPSA) is 268 Å². The minimum absolute atomic E-state index is 0. The van der Waals surface area contributed by atoms with E-state index in [1.54, 1.807) is 71.0 Å². The number of ether oxygens (including phenoxy) is 4. The molecule has 1 amide bonds. The molecule has 0 fully saturated rings. The number of amides is 1. The average molecular weight is 1260 g/mol. The summed E-state index contributed by atoms with van der Waals surface area (Å²) in [6.07, 6.45) is 25.4. The standard InChI is InChI=1S/C33H56NO12.3C2H6S2.CH4.FH.HIS2.K.H3NO.H2O/c35-18-21-45-23-22-43-19-11-13-30(37)27-46-25-24-44-20-17-34-31(38)16-15-28(33(41)42)26-29(36)12-9-7-5-3-1-2-4-6-8-10-14-32(39)40;3*1-3-4-2;;;1-3-2;;1-2;/h28H,1-17,19-27H2,(H,34,38)(H,39,40)(H,41,42);3*1-2H3;1H4;1H;2H;;2H,1H2;1H2/q-1;;;;;;;+1;;/p-1/t28-;;;;;;;;;/m1........./s1/i/hT. The van der Waals surface area contributed by atoms with E-state index in [0.717, 1.165) is 75.8 Å². The third kappa shape index (κ3) is 102. The number of nitrogens with one attached hydrogen (secondary N) is 1. The monoisotopic (exact) mass is 1260 g/mol. The number of carboxylic acids is 2.